The van der Waals surface area contributed by atoms with Crippen molar-refractivity contribution in [3.8, 4) is 11.5 Å². The molecule has 2 aromatic heterocycles. The molecule has 0 bridgehead atoms. The number of ether oxygens (including phenoxy) is 2. The second-order valence-electron chi connectivity index (χ2n) is 14.1. The minimum Gasteiger partial charge on any atom is -0.464 e. The molecule has 2 aliphatic carbocycles. The topological polar surface area (TPSA) is 171 Å². The van der Waals surface area contributed by atoms with Gasteiger partial charge in [0, 0.05) is 23.3 Å². The number of hydrogen-bond acceptors (Lipinski definition) is 12. The minimum absolute atomic E-state index is 0.0628. The number of hydrogen-bond donors (Lipinski definition) is 2. The molecule has 0 saturated heterocycles. The summed E-state index contributed by atoms with van der Waals surface area (Å²) < 4.78 is 128. The monoisotopic (exact) mass is 966 g/mol. The summed E-state index contributed by atoms with van der Waals surface area (Å²) in [7, 11) is -7.85. The summed E-state index contributed by atoms with van der Waals surface area (Å²) in [5, 5.41) is 3.11. The van der Waals surface area contributed by atoms with Crippen molar-refractivity contribution in [3.63, 3.8) is 0 Å². The van der Waals surface area contributed by atoms with E-state index in [0.29, 0.717) is 37.8 Å². The standard InChI is InChI=1S/C40H28Cl2F4N4O8S4/c41-33-19-47-37(59-33)49-35(51)39(57-31-15-5-23(43)17-29(31)45,21-1-7-25(8-2-21)61(53,54)27-11-12-27)40(36(52)50-38-48-20-34(42)60-38,58-32-16-6-24(44)18-30(32)46)22-3-9-26(10-4-22)62(55,56)28-13-14-28/h1-10,15-20,27-28H,11-14H2,(H,47,49,51)(H,48,50,52). The largest absolute Gasteiger partial charge is 0.464 e. The van der Waals surface area contributed by atoms with E-state index in [0.717, 1.165) is 108 Å². The van der Waals surface area contributed by atoms with Crippen LogP contribution in [0.3, 0.4) is 0 Å². The summed E-state index contributed by atoms with van der Waals surface area (Å²) >= 11 is 13.8. The van der Waals surface area contributed by atoms with E-state index in [-0.39, 0.29) is 28.7 Å². The van der Waals surface area contributed by atoms with Gasteiger partial charge in [0.2, 0.25) is 0 Å². The van der Waals surface area contributed by atoms with E-state index in [4.69, 9.17) is 32.7 Å². The van der Waals surface area contributed by atoms with Crippen LogP contribution in [0, 0.1) is 23.3 Å². The average molecular weight is 968 g/mol. The number of thiazole rings is 2. The fraction of sp³-hybridized carbons (Fsp3) is 0.200. The molecule has 2 fully saturated rings. The lowest BCUT2D eigenvalue weighted by molar-refractivity contribution is -0.173. The highest BCUT2D eigenvalue weighted by molar-refractivity contribution is 7.92. The number of carbonyl (C=O) groups excluding carboxylic acids is 2. The Bertz CT molecular complexity index is 2750. The van der Waals surface area contributed by atoms with Crippen LogP contribution in [-0.4, -0.2) is 49.1 Å². The van der Waals surface area contributed by atoms with Gasteiger partial charge >= 0.3 is 0 Å². The Morgan fingerprint density at radius 3 is 1.24 bits per heavy atom. The number of nitrogens with one attached hydrogen (secondary N) is 2. The van der Waals surface area contributed by atoms with Gasteiger partial charge in [-0.2, -0.15) is 0 Å². The maximum atomic E-state index is 16.1. The SMILES string of the molecule is O=C(Nc1ncc(Cl)s1)C(Oc1ccc(F)cc1F)(c1ccc(S(=O)(=O)C2CC2)cc1)C(Oc1ccc(F)cc1F)(C(=O)Nc1ncc(Cl)s1)c1ccc(S(=O)(=O)C2CC2)cc1. The highest BCUT2D eigenvalue weighted by Gasteiger charge is 2.69. The Morgan fingerprint density at radius 1 is 0.597 bits per heavy atom. The van der Waals surface area contributed by atoms with Gasteiger partial charge in [0.05, 0.1) is 32.7 Å². The molecule has 0 radical (unpaired) electrons. The number of anilines is 2. The van der Waals surface area contributed by atoms with E-state index in [1.165, 1.54) is 0 Å². The third-order valence-corrected chi connectivity index (χ3v) is 16.6. The lowest BCUT2D eigenvalue weighted by Crippen LogP contribution is -2.68. The van der Waals surface area contributed by atoms with Crippen LogP contribution < -0.4 is 20.1 Å². The Hall–Kier alpha value is -5.12. The molecule has 322 valence electrons. The molecule has 0 spiro atoms. The molecule has 2 amide bonds. The van der Waals surface area contributed by atoms with E-state index >= 15 is 18.4 Å². The smallest absolute Gasteiger partial charge is 0.280 e. The normalized spacial score (nSPS) is 16.2. The Labute approximate surface area is 368 Å². The average Bonchev–Trinajstić information content (AvgIpc) is 4.18. The van der Waals surface area contributed by atoms with Gasteiger partial charge in [0.15, 0.2) is 53.1 Å². The zero-order chi connectivity index (χ0) is 44.2. The molecule has 2 saturated carbocycles. The number of aromatic nitrogens is 2. The Balaban J connectivity index is 1.50. The molecular formula is C40H28Cl2F4N4O8S4. The first-order valence-corrected chi connectivity index (χ1v) is 23.7. The number of nitrogens with zero attached hydrogens (tertiary/aromatic N) is 2. The van der Waals surface area contributed by atoms with Crippen molar-refractivity contribution in [1.29, 1.82) is 0 Å². The summed E-state index contributed by atoms with van der Waals surface area (Å²) in [6.45, 7) is 0. The molecule has 4 aromatic carbocycles. The summed E-state index contributed by atoms with van der Waals surface area (Å²) in [5.74, 6) is -9.70. The van der Waals surface area contributed by atoms with Gasteiger partial charge < -0.3 is 9.47 Å². The first-order chi connectivity index (χ1) is 29.4. The molecule has 2 unspecified atom stereocenters. The predicted molar refractivity (Wildman–Crippen MR) is 222 cm³/mol. The summed E-state index contributed by atoms with van der Waals surface area (Å²) in [6, 6.07) is 12.6. The summed E-state index contributed by atoms with van der Waals surface area (Å²) in [6.07, 6.45) is 3.86. The van der Waals surface area contributed by atoms with Crippen molar-refractivity contribution >= 4 is 87.6 Å². The zero-order valence-corrected chi connectivity index (χ0v) is 36.1. The van der Waals surface area contributed by atoms with Gasteiger partial charge in [-0.1, -0.05) is 70.1 Å². The fourth-order valence-electron chi connectivity index (χ4n) is 6.68. The van der Waals surface area contributed by atoms with Crippen LogP contribution in [0.5, 0.6) is 11.5 Å². The van der Waals surface area contributed by atoms with Crippen LogP contribution in [0.1, 0.15) is 36.8 Å². The number of carbonyl (C=O) groups is 2. The predicted octanol–water partition coefficient (Wildman–Crippen LogP) is 8.86. The molecule has 2 aliphatic rings. The molecule has 2 heterocycles. The van der Waals surface area contributed by atoms with Gasteiger partial charge in [-0.15, -0.1) is 0 Å². The molecule has 0 aliphatic heterocycles. The van der Waals surface area contributed by atoms with Gasteiger partial charge in [0.25, 0.3) is 23.0 Å². The van der Waals surface area contributed by atoms with Crippen molar-refractivity contribution < 1.29 is 53.5 Å². The number of halogens is 6. The van der Waals surface area contributed by atoms with E-state index < -0.39 is 99.1 Å². The molecule has 2 atom stereocenters. The third-order valence-electron chi connectivity index (χ3n) is 9.95. The van der Waals surface area contributed by atoms with E-state index in [2.05, 4.69) is 20.6 Å². The van der Waals surface area contributed by atoms with Crippen LogP contribution in [-0.2, 0) is 40.5 Å². The summed E-state index contributed by atoms with van der Waals surface area (Å²) in [4.78, 5) is 39.1. The van der Waals surface area contributed by atoms with Crippen LogP contribution in [0.2, 0.25) is 8.67 Å². The van der Waals surface area contributed by atoms with E-state index in [1.54, 1.807) is 0 Å². The second-order valence-corrected chi connectivity index (χ2v) is 21.9. The number of rotatable bonds is 15. The highest BCUT2D eigenvalue weighted by Crippen LogP contribution is 2.51. The number of benzene rings is 4. The Kier molecular flexibility index (Phi) is 11.6. The van der Waals surface area contributed by atoms with Crippen LogP contribution in [0.25, 0.3) is 0 Å². The molecular weight excluding hydrogens is 940 g/mol. The fourth-order valence-corrected chi connectivity index (χ4v) is 11.6. The van der Waals surface area contributed by atoms with Crippen molar-refractivity contribution in [2.24, 2.45) is 0 Å². The quantitative estimate of drug-likeness (QED) is 0.0948. The Morgan fingerprint density at radius 2 is 0.952 bits per heavy atom. The van der Waals surface area contributed by atoms with Gasteiger partial charge in [-0.3, -0.25) is 20.2 Å². The van der Waals surface area contributed by atoms with Gasteiger partial charge in [0.1, 0.15) is 20.3 Å². The van der Waals surface area contributed by atoms with Crippen molar-refractivity contribution in [2.45, 2.75) is 57.2 Å². The lowest BCUT2D eigenvalue weighted by Gasteiger charge is -2.47. The van der Waals surface area contributed by atoms with Crippen molar-refractivity contribution in [1.82, 2.24) is 9.97 Å². The molecule has 2 N–H and O–H groups in total. The highest BCUT2D eigenvalue weighted by atomic mass is 35.5. The van der Waals surface area contributed by atoms with Gasteiger partial charge in [-0.25, -0.2) is 44.4 Å². The third kappa shape index (κ3) is 8.14. The van der Waals surface area contributed by atoms with Crippen LogP contribution in [0.15, 0.2) is 107 Å². The second kappa shape index (κ2) is 16.5. The lowest BCUT2D eigenvalue weighted by atomic mass is 9.71. The molecule has 8 rings (SSSR count). The van der Waals surface area contributed by atoms with Crippen molar-refractivity contribution in [2.75, 3.05) is 10.6 Å². The molecule has 6 aromatic rings. The molecule has 12 nitrogen and oxygen atoms in total. The zero-order valence-electron chi connectivity index (χ0n) is 31.3. The maximum absolute atomic E-state index is 16.1. The number of amides is 2. The van der Waals surface area contributed by atoms with Crippen LogP contribution >= 0.6 is 45.9 Å². The van der Waals surface area contributed by atoms with E-state index in [9.17, 15) is 25.6 Å². The summed E-state index contributed by atoms with van der Waals surface area (Å²) in [5.41, 5.74) is -7.57. The van der Waals surface area contributed by atoms with E-state index in [1.807, 2.05) is 0 Å². The van der Waals surface area contributed by atoms with Gasteiger partial charge in [-0.05, 0) is 74.2 Å². The first kappa shape index (κ1) is 43.5. The minimum atomic E-state index is -3.92. The molecule has 62 heavy (non-hydrogen) atoms. The first-order valence-electron chi connectivity index (χ1n) is 18.3. The van der Waals surface area contributed by atoms with Crippen LogP contribution in [0.4, 0.5) is 27.8 Å². The van der Waals surface area contributed by atoms with Crippen molar-refractivity contribution in [3.05, 3.63) is 140 Å². The number of sulfone groups is 2. The molecule has 22 heteroatoms. The maximum Gasteiger partial charge on any atom is 0.280 e.